The molecule has 2 aromatic heterocycles. The van der Waals surface area contributed by atoms with Gasteiger partial charge in [0.2, 0.25) is 5.91 Å². The summed E-state index contributed by atoms with van der Waals surface area (Å²) in [4.78, 5) is 42.7. The predicted molar refractivity (Wildman–Crippen MR) is 179 cm³/mol. The van der Waals surface area contributed by atoms with E-state index < -0.39 is 12.1 Å². The van der Waals surface area contributed by atoms with Crippen molar-refractivity contribution >= 4 is 45.4 Å². The summed E-state index contributed by atoms with van der Waals surface area (Å²) in [6.45, 7) is 8.55. The molecule has 4 N–H and O–H groups in total. The number of benzene rings is 3. The Labute approximate surface area is 272 Å². The first-order chi connectivity index (χ1) is 22.3. The number of aromatic amines is 2. The van der Waals surface area contributed by atoms with Crippen molar-refractivity contribution in [2.75, 3.05) is 20.2 Å². The lowest BCUT2D eigenvalue weighted by Gasteiger charge is -2.24. The number of nitrogens with zero attached hydrogens (tertiary/aromatic N) is 3. The summed E-state index contributed by atoms with van der Waals surface area (Å²) in [5.41, 5.74) is 6.52. The zero-order chi connectivity index (χ0) is 32.4. The number of alkyl carbamates (subject to hydrolysis) is 1. The number of hydrogen-bond acceptors (Lipinski definition) is 7. The molecule has 11 nitrogen and oxygen atoms in total. The first-order valence-corrected chi connectivity index (χ1v) is 16.0. The molecule has 2 amide bonds. The molecule has 0 fully saturated rings. The van der Waals surface area contributed by atoms with Crippen molar-refractivity contribution in [1.29, 1.82) is 0 Å². The second-order valence-corrected chi connectivity index (χ2v) is 11.9. The maximum Gasteiger partial charge on any atom is 0.407 e. The summed E-state index contributed by atoms with van der Waals surface area (Å²) < 4.78 is 10.9. The zero-order valence-electron chi connectivity index (χ0n) is 26.4. The lowest BCUT2D eigenvalue weighted by Crippen LogP contribution is -2.47. The van der Waals surface area contributed by atoms with Crippen LogP contribution in [0.2, 0.25) is 5.15 Å². The summed E-state index contributed by atoms with van der Waals surface area (Å²) >= 11 is 6.54. The van der Waals surface area contributed by atoms with Gasteiger partial charge in [0.1, 0.15) is 40.9 Å². The number of aromatic nitrogens is 4. The van der Waals surface area contributed by atoms with Crippen LogP contribution in [-0.2, 0) is 29.2 Å². The lowest BCUT2D eigenvalue weighted by atomic mass is 9.92. The molecule has 0 bridgehead atoms. The number of carbonyl (C=O) groups is 2. The second kappa shape index (κ2) is 13.4. The topological polar surface area (TPSA) is 137 Å². The SMILES string of the molecule is CCCNCc1nc(-c2ccc3c(c2)COc2cc4c(ccc5[nH]c(CN(CCC)C(=O)C(C)NC(=O)OC)nc54)cc2-3)c(Cl)[nH]1. The predicted octanol–water partition coefficient (Wildman–Crippen LogP) is 6.30. The Morgan fingerprint density at radius 2 is 1.91 bits per heavy atom. The van der Waals surface area contributed by atoms with Gasteiger partial charge < -0.3 is 35.0 Å². The molecule has 240 valence electrons. The van der Waals surface area contributed by atoms with Crippen LogP contribution in [0.5, 0.6) is 5.75 Å². The van der Waals surface area contributed by atoms with Crippen LogP contribution in [-0.4, -0.2) is 63.1 Å². The van der Waals surface area contributed by atoms with E-state index in [9.17, 15) is 9.59 Å². The van der Waals surface area contributed by atoms with Crippen LogP contribution >= 0.6 is 11.6 Å². The number of rotatable bonds is 11. The van der Waals surface area contributed by atoms with Crippen molar-refractivity contribution < 1.29 is 19.1 Å². The summed E-state index contributed by atoms with van der Waals surface area (Å²) in [6, 6.07) is 13.8. The molecule has 6 rings (SSSR count). The van der Waals surface area contributed by atoms with E-state index in [4.69, 9.17) is 26.3 Å². The van der Waals surface area contributed by atoms with E-state index in [1.807, 2.05) is 19.1 Å². The average Bonchev–Trinajstić information content (AvgIpc) is 3.65. The number of imidazole rings is 2. The van der Waals surface area contributed by atoms with Crippen LogP contribution in [0, 0.1) is 0 Å². The van der Waals surface area contributed by atoms with E-state index in [0.29, 0.717) is 30.7 Å². The normalized spacial score (nSPS) is 12.8. The minimum absolute atomic E-state index is 0.208. The molecule has 1 aliphatic heterocycles. The average molecular weight is 644 g/mol. The van der Waals surface area contributed by atoms with E-state index in [0.717, 1.165) is 80.7 Å². The largest absolute Gasteiger partial charge is 0.488 e. The van der Waals surface area contributed by atoms with Gasteiger partial charge >= 0.3 is 6.09 Å². The van der Waals surface area contributed by atoms with Crippen LogP contribution < -0.4 is 15.4 Å². The van der Waals surface area contributed by atoms with Crippen molar-refractivity contribution in [3.8, 4) is 28.1 Å². The van der Waals surface area contributed by atoms with Gasteiger partial charge in [-0.2, -0.15) is 0 Å². The van der Waals surface area contributed by atoms with Gasteiger partial charge in [-0.25, -0.2) is 14.8 Å². The van der Waals surface area contributed by atoms with Crippen LogP contribution in [0.3, 0.4) is 0 Å². The Kier molecular flexibility index (Phi) is 9.14. The highest BCUT2D eigenvalue weighted by atomic mass is 35.5. The number of ether oxygens (including phenoxy) is 2. The molecule has 0 spiro atoms. The third-order valence-electron chi connectivity index (χ3n) is 8.13. The van der Waals surface area contributed by atoms with Gasteiger partial charge in [-0.1, -0.05) is 43.6 Å². The van der Waals surface area contributed by atoms with Crippen molar-refractivity contribution in [3.05, 3.63) is 64.8 Å². The van der Waals surface area contributed by atoms with Gasteiger partial charge in [-0.15, -0.1) is 0 Å². The minimum Gasteiger partial charge on any atom is -0.488 e. The van der Waals surface area contributed by atoms with E-state index in [1.165, 1.54) is 7.11 Å². The first-order valence-electron chi connectivity index (χ1n) is 15.6. The van der Waals surface area contributed by atoms with Crippen LogP contribution in [0.1, 0.15) is 50.8 Å². The van der Waals surface area contributed by atoms with Gasteiger partial charge in [-0.05, 0) is 67.1 Å². The number of nitrogens with one attached hydrogen (secondary N) is 4. The molecule has 0 aliphatic carbocycles. The summed E-state index contributed by atoms with van der Waals surface area (Å²) in [5, 5.41) is 8.41. The molecule has 3 aromatic carbocycles. The smallest absolute Gasteiger partial charge is 0.407 e. The molecule has 3 heterocycles. The molecule has 1 aliphatic rings. The standard InChI is InChI=1S/C34H38ClN7O4/c1-5-11-36-16-28-39-30(32(35)41-28)21-7-9-23-22(13-21)18-46-27-15-24-20(14-25(23)27)8-10-26-31(24)40-29(38-26)17-42(12-6-2)33(43)19(3)37-34(44)45-4/h7-10,13-15,19,36H,5-6,11-12,16-18H2,1-4H3,(H,37,44)(H,38,40)(H,39,41). The fourth-order valence-corrected chi connectivity index (χ4v) is 6.17. The molecular weight excluding hydrogens is 606 g/mol. The minimum atomic E-state index is -0.728. The van der Waals surface area contributed by atoms with Crippen LogP contribution in [0.15, 0.2) is 42.5 Å². The molecule has 46 heavy (non-hydrogen) atoms. The molecule has 1 atom stereocenters. The fourth-order valence-electron chi connectivity index (χ4n) is 5.91. The number of halogens is 1. The molecule has 12 heteroatoms. The Bertz CT molecular complexity index is 1920. The summed E-state index contributed by atoms with van der Waals surface area (Å²) in [6.07, 6.45) is 1.17. The molecule has 1 unspecified atom stereocenters. The number of carbonyl (C=O) groups excluding carboxylic acids is 2. The highest BCUT2D eigenvalue weighted by molar-refractivity contribution is 6.32. The number of amides is 2. The fraction of sp³-hybridized carbons (Fsp3) is 0.353. The number of H-pyrrole nitrogens is 2. The zero-order valence-corrected chi connectivity index (χ0v) is 27.2. The van der Waals surface area contributed by atoms with Gasteiger partial charge in [0.15, 0.2) is 0 Å². The Hall–Kier alpha value is -4.61. The highest BCUT2D eigenvalue weighted by Gasteiger charge is 2.24. The Morgan fingerprint density at radius 3 is 2.70 bits per heavy atom. The van der Waals surface area contributed by atoms with E-state index in [1.54, 1.807) is 11.8 Å². The van der Waals surface area contributed by atoms with Crippen LogP contribution in [0.25, 0.3) is 44.2 Å². The Morgan fingerprint density at radius 1 is 1.07 bits per heavy atom. The maximum absolute atomic E-state index is 13.1. The van der Waals surface area contributed by atoms with Crippen molar-refractivity contribution in [3.63, 3.8) is 0 Å². The molecule has 0 saturated heterocycles. The van der Waals surface area contributed by atoms with Gasteiger partial charge in [-0.3, -0.25) is 4.79 Å². The van der Waals surface area contributed by atoms with E-state index >= 15 is 0 Å². The van der Waals surface area contributed by atoms with E-state index in [-0.39, 0.29) is 12.5 Å². The maximum atomic E-state index is 13.1. The van der Waals surface area contributed by atoms with Crippen molar-refractivity contribution in [2.45, 2.75) is 59.4 Å². The quantitative estimate of drug-likeness (QED) is 0.124. The summed E-state index contributed by atoms with van der Waals surface area (Å²) in [5.74, 6) is 2.05. The van der Waals surface area contributed by atoms with Crippen molar-refractivity contribution in [1.82, 2.24) is 35.5 Å². The monoisotopic (exact) mass is 643 g/mol. The molecule has 0 saturated carbocycles. The third-order valence-corrected chi connectivity index (χ3v) is 8.41. The molecular formula is C34H38ClN7O4. The number of fused-ring (bicyclic) bond motifs is 6. The van der Waals surface area contributed by atoms with E-state index in [2.05, 4.69) is 62.6 Å². The van der Waals surface area contributed by atoms with Gasteiger partial charge in [0.25, 0.3) is 0 Å². The molecule has 5 aromatic rings. The number of hydrogen-bond donors (Lipinski definition) is 4. The number of methoxy groups -OCH3 is 1. The second-order valence-electron chi connectivity index (χ2n) is 11.5. The van der Waals surface area contributed by atoms with Gasteiger partial charge in [0, 0.05) is 23.1 Å². The van der Waals surface area contributed by atoms with Crippen molar-refractivity contribution in [2.24, 2.45) is 0 Å². The van der Waals surface area contributed by atoms with Gasteiger partial charge in [0.05, 0.1) is 31.2 Å². The van der Waals surface area contributed by atoms with Crippen LogP contribution in [0.4, 0.5) is 4.79 Å². The third kappa shape index (κ3) is 6.25. The lowest BCUT2D eigenvalue weighted by molar-refractivity contribution is -0.133. The molecule has 0 radical (unpaired) electrons. The summed E-state index contributed by atoms with van der Waals surface area (Å²) in [7, 11) is 1.27. The highest BCUT2D eigenvalue weighted by Crippen LogP contribution is 2.43. The Balaban J connectivity index is 1.27. The first kappa shape index (κ1) is 31.4.